The van der Waals surface area contributed by atoms with Gasteiger partial charge in [0.05, 0.1) is 17.1 Å². The van der Waals surface area contributed by atoms with E-state index < -0.39 is 9.84 Å². The van der Waals surface area contributed by atoms with Crippen molar-refractivity contribution in [3.8, 4) is 0 Å². The van der Waals surface area contributed by atoms with Gasteiger partial charge in [-0.15, -0.1) is 0 Å². The third-order valence-electron chi connectivity index (χ3n) is 5.15. The van der Waals surface area contributed by atoms with Crippen LogP contribution in [-0.4, -0.2) is 55.3 Å². The van der Waals surface area contributed by atoms with Gasteiger partial charge in [0.25, 0.3) is 5.91 Å². The summed E-state index contributed by atoms with van der Waals surface area (Å²) in [4.78, 5) is 18.3. The molecule has 2 heterocycles. The molecule has 1 aromatic rings. The Labute approximate surface area is 143 Å². The number of anilines is 1. The standard InChI is InChI=1S/C17H25N3O3S/c1-17(6-2-3-7-17)13-19-15-5-4-14(12-18-15)16(21)20-8-10-24(22,23)11-9-20/h4-5,12H,2-3,6-11,13H2,1H3,(H,18,19). The summed E-state index contributed by atoms with van der Waals surface area (Å²) >= 11 is 0. The maximum absolute atomic E-state index is 12.4. The molecule has 24 heavy (non-hydrogen) atoms. The first-order chi connectivity index (χ1) is 11.4. The molecule has 1 aliphatic heterocycles. The fraction of sp³-hybridized carbons (Fsp3) is 0.647. The number of aromatic nitrogens is 1. The smallest absolute Gasteiger partial charge is 0.255 e. The molecule has 2 aliphatic rings. The Hall–Kier alpha value is -1.63. The minimum absolute atomic E-state index is 0.0460. The second-order valence-corrected chi connectivity index (χ2v) is 9.55. The third kappa shape index (κ3) is 4.06. The molecule has 1 saturated carbocycles. The number of sulfone groups is 1. The molecule has 132 valence electrons. The topological polar surface area (TPSA) is 79.4 Å². The highest BCUT2D eigenvalue weighted by molar-refractivity contribution is 7.91. The van der Waals surface area contributed by atoms with Gasteiger partial charge in [-0.05, 0) is 30.4 Å². The van der Waals surface area contributed by atoms with Crippen LogP contribution < -0.4 is 5.32 Å². The van der Waals surface area contributed by atoms with Crippen molar-refractivity contribution >= 4 is 21.6 Å². The quantitative estimate of drug-likeness (QED) is 0.897. The van der Waals surface area contributed by atoms with Crippen molar-refractivity contribution in [3.63, 3.8) is 0 Å². The zero-order chi connectivity index (χ0) is 17.2. The minimum Gasteiger partial charge on any atom is -0.370 e. The Morgan fingerprint density at radius 1 is 1.25 bits per heavy atom. The van der Waals surface area contributed by atoms with Crippen LogP contribution in [-0.2, 0) is 9.84 Å². The van der Waals surface area contributed by atoms with Crippen LogP contribution in [0.5, 0.6) is 0 Å². The SMILES string of the molecule is CC1(CNc2ccc(C(=O)N3CCS(=O)(=O)CC3)cn2)CCCC1. The first-order valence-corrected chi connectivity index (χ1v) is 10.4. The first-order valence-electron chi connectivity index (χ1n) is 8.57. The van der Waals surface area contributed by atoms with E-state index in [1.165, 1.54) is 25.7 Å². The molecule has 6 nitrogen and oxygen atoms in total. The molecule has 0 bridgehead atoms. The predicted octanol–water partition coefficient (Wildman–Crippen LogP) is 1.94. The maximum Gasteiger partial charge on any atom is 0.255 e. The Kier molecular flexibility index (Phi) is 4.80. The summed E-state index contributed by atoms with van der Waals surface area (Å²) in [6.07, 6.45) is 6.66. The highest BCUT2D eigenvalue weighted by Gasteiger charge is 2.28. The lowest BCUT2D eigenvalue weighted by Crippen LogP contribution is -2.43. The molecule has 1 amide bonds. The van der Waals surface area contributed by atoms with Crippen molar-refractivity contribution in [2.45, 2.75) is 32.6 Å². The van der Waals surface area contributed by atoms with Crippen molar-refractivity contribution in [3.05, 3.63) is 23.9 Å². The molecule has 1 aromatic heterocycles. The number of hydrogen-bond acceptors (Lipinski definition) is 5. The monoisotopic (exact) mass is 351 g/mol. The number of amides is 1. The van der Waals surface area contributed by atoms with Crippen molar-refractivity contribution in [2.75, 3.05) is 36.5 Å². The normalized spacial score (nSPS) is 22.3. The van der Waals surface area contributed by atoms with Crippen LogP contribution in [0.4, 0.5) is 5.82 Å². The van der Waals surface area contributed by atoms with E-state index in [1.807, 2.05) is 6.07 Å². The number of rotatable bonds is 4. The lowest BCUT2D eigenvalue weighted by molar-refractivity contribution is 0.0770. The van der Waals surface area contributed by atoms with Gasteiger partial charge in [-0.1, -0.05) is 19.8 Å². The fourth-order valence-corrected chi connectivity index (χ4v) is 4.63. The number of nitrogens with one attached hydrogen (secondary N) is 1. The molecule has 0 atom stereocenters. The predicted molar refractivity (Wildman–Crippen MR) is 93.9 cm³/mol. The molecule has 1 saturated heterocycles. The highest BCUT2D eigenvalue weighted by atomic mass is 32.2. The number of hydrogen-bond donors (Lipinski definition) is 1. The van der Waals surface area contributed by atoms with E-state index in [-0.39, 0.29) is 30.5 Å². The van der Waals surface area contributed by atoms with Crippen LogP contribution in [0, 0.1) is 5.41 Å². The third-order valence-corrected chi connectivity index (χ3v) is 6.76. The second-order valence-electron chi connectivity index (χ2n) is 7.25. The van der Waals surface area contributed by atoms with Gasteiger partial charge in [-0.3, -0.25) is 4.79 Å². The summed E-state index contributed by atoms with van der Waals surface area (Å²) in [5.74, 6) is 0.724. The fourth-order valence-electron chi connectivity index (χ4n) is 3.43. The molecule has 0 radical (unpaired) electrons. The van der Waals surface area contributed by atoms with Gasteiger partial charge < -0.3 is 10.2 Å². The average molecular weight is 351 g/mol. The van der Waals surface area contributed by atoms with Crippen molar-refractivity contribution in [1.82, 2.24) is 9.88 Å². The maximum atomic E-state index is 12.4. The largest absolute Gasteiger partial charge is 0.370 e. The summed E-state index contributed by atoms with van der Waals surface area (Å²) in [7, 11) is -2.98. The van der Waals surface area contributed by atoms with E-state index in [2.05, 4.69) is 17.2 Å². The lowest BCUT2D eigenvalue weighted by Gasteiger charge is -2.27. The van der Waals surface area contributed by atoms with Crippen LogP contribution in [0.1, 0.15) is 43.0 Å². The number of carbonyl (C=O) groups is 1. The number of carbonyl (C=O) groups excluding carboxylic acids is 1. The summed E-state index contributed by atoms with van der Waals surface area (Å²) in [5, 5.41) is 3.37. The Bertz CT molecular complexity index is 680. The van der Waals surface area contributed by atoms with E-state index in [0.717, 1.165) is 12.4 Å². The van der Waals surface area contributed by atoms with Crippen LogP contribution >= 0.6 is 0 Å². The summed E-state index contributed by atoms with van der Waals surface area (Å²) in [6, 6.07) is 3.59. The molecule has 1 N–H and O–H groups in total. The second kappa shape index (κ2) is 6.70. The van der Waals surface area contributed by atoms with Gasteiger partial charge in [-0.2, -0.15) is 0 Å². The molecule has 7 heteroatoms. The average Bonchev–Trinajstić information content (AvgIpc) is 3.00. The highest BCUT2D eigenvalue weighted by Crippen LogP contribution is 2.37. The van der Waals surface area contributed by atoms with Crippen LogP contribution in [0.3, 0.4) is 0 Å². The summed E-state index contributed by atoms with van der Waals surface area (Å²) in [5.41, 5.74) is 0.849. The zero-order valence-corrected chi connectivity index (χ0v) is 14.9. The van der Waals surface area contributed by atoms with Crippen molar-refractivity contribution in [2.24, 2.45) is 5.41 Å². The molecular formula is C17H25N3O3S. The molecule has 0 aromatic carbocycles. The minimum atomic E-state index is -2.98. The number of nitrogens with zero attached hydrogens (tertiary/aromatic N) is 2. The van der Waals surface area contributed by atoms with Gasteiger partial charge in [0.1, 0.15) is 5.82 Å². The van der Waals surface area contributed by atoms with Crippen molar-refractivity contribution in [1.29, 1.82) is 0 Å². The molecule has 3 rings (SSSR count). The van der Waals surface area contributed by atoms with Crippen LogP contribution in [0.15, 0.2) is 18.3 Å². The van der Waals surface area contributed by atoms with E-state index in [0.29, 0.717) is 11.0 Å². The van der Waals surface area contributed by atoms with Gasteiger partial charge in [0.2, 0.25) is 0 Å². The van der Waals surface area contributed by atoms with Gasteiger partial charge in [-0.25, -0.2) is 13.4 Å². The van der Waals surface area contributed by atoms with E-state index in [1.54, 1.807) is 17.2 Å². The van der Waals surface area contributed by atoms with Crippen molar-refractivity contribution < 1.29 is 13.2 Å². The van der Waals surface area contributed by atoms with Gasteiger partial charge >= 0.3 is 0 Å². The molecular weight excluding hydrogens is 326 g/mol. The summed E-state index contributed by atoms with van der Waals surface area (Å²) < 4.78 is 22.9. The zero-order valence-electron chi connectivity index (χ0n) is 14.1. The number of pyridine rings is 1. The van der Waals surface area contributed by atoms with E-state index >= 15 is 0 Å². The van der Waals surface area contributed by atoms with Gasteiger partial charge in [0.15, 0.2) is 9.84 Å². The van der Waals surface area contributed by atoms with Crippen LogP contribution in [0.2, 0.25) is 0 Å². The molecule has 0 unspecified atom stereocenters. The molecule has 1 aliphatic carbocycles. The Morgan fingerprint density at radius 2 is 1.92 bits per heavy atom. The first kappa shape index (κ1) is 17.2. The Balaban J connectivity index is 1.57. The molecule has 0 spiro atoms. The Morgan fingerprint density at radius 3 is 2.50 bits per heavy atom. The summed E-state index contributed by atoms with van der Waals surface area (Å²) in [6.45, 7) is 3.73. The van der Waals surface area contributed by atoms with E-state index in [9.17, 15) is 13.2 Å². The van der Waals surface area contributed by atoms with Crippen LogP contribution in [0.25, 0.3) is 0 Å². The molecule has 2 fully saturated rings. The van der Waals surface area contributed by atoms with E-state index in [4.69, 9.17) is 0 Å². The van der Waals surface area contributed by atoms with Gasteiger partial charge in [0, 0.05) is 25.8 Å². The lowest BCUT2D eigenvalue weighted by atomic mass is 9.89.